The maximum atomic E-state index is 13.0. The first-order valence-corrected chi connectivity index (χ1v) is 11.5. The highest BCUT2D eigenvalue weighted by molar-refractivity contribution is 7.89. The fourth-order valence-electron chi connectivity index (χ4n) is 4.24. The number of amides is 1. The Kier molecular flexibility index (Phi) is 6.55. The van der Waals surface area contributed by atoms with Crippen molar-refractivity contribution in [1.29, 1.82) is 0 Å². The highest BCUT2D eigenvalue weighted by Crippen LogP contribution is 2.24. The Morgan fingerprint density at radius 3 is 2.63 bits per heavy atom. The Labute approximate surface area is 162 Å². The third kappa shape index (κ3) is 4.89. The van der Waals surface area contributed by atoms with Crippen LogP contribution in [0.25, 0.3) is 0 Å². The van der Waals surface area contributed by atoms with Gasteiger partial charge in [0.2, 0.25) is 10.0 Å². The average Bonchev–Trinajstić information content (AvgIpc) is 3.14. The Balaban J connectivity index is 1.78. The van der Waals surface area contributed by atoms with E-state index < -0.39 is 10.0 Å². The van der Waals surface area contributed by atoms with Gasteiger partial charge in [-0.2, -0.15) is 0 Å². The molecular weight excluding hydrogens is 362 g/mol. The van der Waals surface area contributed by atoms with Crippen LogP contribution >= 0.6 is 0 Å². The van der Waals surface area contributed by atoms with Crippen molar-refractivity contribution in [3.63, 3.8) is 0 Å². The molecule has 2 aliphatic rings. The van der Waals surface area contributed by atoms with Crippen molar-refractivity contribution in [3.8, 4) is 0 Å². The molecule has 3 rings (SSSR count). The van der Waals surface area contributed by atoms with Crippen LogP contribution in [0.2, 0.25) is 0 Å². The van der Waals surface area contributed by atoms with Gasteiger partial charge >= 0.3 is 0 Å². The van der Waals surface area contributed by atoms with Gasteiger partial charge in [0.15, 0.2) is 0 Å². The molecule has 1 heterocycles. The van der Waals surface area contributed by atoms with Crippen LogP contribution in [0.4, 0.5) is 0 Å². The molecule has 1 unspecified atom stereocenters. The van der Waals surface area contributed by atoms with Crippen molar-refractivity contribution in [2.24, 2.45) is 5.92 Å². The van der Waals surface area contributed by atoms with Crippen molar-refractivity contribution in [2.45, 2.75) is 56.4 Å². The summed E-state index contributed by atoms with van der Waals surface area (Å²) in [7, 11) is -1.69. The molecule has 7 heteroatoms. The van der Waals surface area contributed by atoms with E-state index in [1.807, 2.05) is 11.9 Å². The lowest BCUT2D eigenvalue weighted by Crippen LogP contribution is -2.42. The van der Waals surface area contributed by atoms with Gasteiger partial charge in [-0.05, 0) is 69.8 Å². The first kappa shape index (κ1) is 20.3. The van der Waals surface area contributed by atoms with E-state index in [0.717, 1.165) is 58.2 Å². The molecule has 1 aliphatic carbocycles. The van der Waals surface area contributed by atoms with Gasteiger partial charge in [-0.25, -0.2) is 13.1 Å². The molecule has 2 fully saturated rings. The zero-order valence-corrected chi connectivity index (χ0v) is 17.1. The van der Waals surface area contributed by atoms with Crippen LogP contribution < -0.4 is 10.0 Å². The van der Waals surface area contributed by atoms with E-state index in [4.69, 9.17) is 0 Å². The fourth-order valence-corrected chi connectivity index (χ4v) is 5.81. The minimum atomic E-state index is -3.61. The average molecular weight is 394 g/mol. The van der Waals surface area contributed by atoms with E-state index in [9.17, 15) is 13.2 Å². The maximum absolute atomic E-state index is 13.0. The van der Waals surface area contributed by atoms with Gasteiger partial charge in [-0.15, -0.1) is 0 Å². The van der Waals surface area contributed by atoms with Crippen LogP contribution in [-0.4, -0.2) is 51.9 Å². The van der Waals surface area contributed by atoms with Crippen LogP contribution in [0.1, 0.15) is 54.4 Å². The highest BCUT2D eigenvalue weighted by atomic mass is 32.2. The number of aryl methyl sites for hydroxylation is 1. The van der Waals surface area contributed by atoms with Crippen molar-refractivity contribution in [2.75, 3.05) is 26.7 Å². The second kappa shape index (κ2) is 8.71. The maximum Gasteiger partial charge on any atom is 0.253 e. The molecule has 27 heavy (non-hydrogen) atoms. The second-order valence-electron chi connectivity index (χ2n) is 7.90. The number of carbonyl (C=O) groups excluding carboxylic acids is 1. The summed E-state index contributed by atoms with van der Waals surface area (Å²) < 4.78 is 28.5. The molecule has 1 aromatic rings. The largest absolute Gasteiger partial charge is 0.338 e. The second-order valence-corrected chi connectivity index (χ2v) is 9.58. The zero-order chi connectivity index (χ0) is 19.4. The Morgan fingerprint density at radius 1 is 1.19 bits per heavy atom. The SMILES string of the molecule is CNCC1CCCN(C(=O)c2ccc(C)c(S(=O)(=O)NC3CCCC3)c2)C1. The summed E-state index contributed by atoms with van der Waals surface area (Å²) in [6, 6.07) is 5.05. The summed E-state index contributed by atoms with van der Waals surface area (Å²) in [5.41, 5.74) is 1.13. The van der Waals surface area contributed by atoms with Gasteiger partial charge in [-0.1, -0.05) is 18.9 Å². The molecular formula is C20H31N3O3S. The molecule has 150 valence electrons. The number of hydrogen-bond donors (Lipinski definition) is 2. The van der Waals surface area contributed by atoms with Crippen molar-refractivity contribution in [1.82, 2.24) is 14.9 Å². The summed E-state index contributed by atoms with van der Waals surface area (Å²) in [6.07, 6.45) is 6.00. The smallest absolute Gasteiger partial charge is 0.253 e. The number of nitrogens with zero attached hydrogens (tertiary/aromatic N) is 1. The first-order valence-electron chi connectivity index (χ1n) is 9.97. The minimum absolute atomic E-state index is 0.0122. The van der Waals surface area contributed by atoms with Gasteiger partial charge in [-0.3, -0.25) is 4.79 Å². The summed E-state index contributed by atoms with van der Waals surface area (Å²) in [5, 5.41) is 3.18. The van der Waals surface area contributed by atoms with Crippen LogP contribution in [0, 0.1) is 12.8 Å². The molecule has 0 radical (unpaired) electrons. The number of sulfonamides is 1. The molecule has 1 amide bonds. The molecule has 1 aromatic carbocycles. The minimum Gasteiger partial charge on any atom is -0.338 e. The third-order valence-corrected chi connectivity index (χ3v) is 7.36. The van der Waals surface area contributed by atoms with Crippen LogP contribution in [0.3, 0.4) is 0 Å². The van der Waals surface area contributed by atoms with E-state index in [1.54, 1.807) is 25.1 Å². The van der Waals surface area contributed by atoms with E-state index in [1.165, 1.54) is 0 Å². The molecule has 0 aromatic heterocycles. The Bertz CT molecular complexity index is 771. The predicted octanol–water partition coefficient (Wildman–Crippen LogP) is 2.29. The lowest BCUT2D eigenvalue weighted by atomic mass is 9.97. The Hall–Kier alpha value is -1.44. The molecule has 1 saturated heterocycles. The molecule has 1 aliphatic heterocycles. The number of likely N-dealkylation sites (tertiary alicyclic amines) is 1. The van der Waals surface area contributed by atoms with Gasteiger partial charge in [0.05, 0.1) is 4.90 Å². The number of carbonyl (C=O) groups is 1. The number of nitrogens with one attached hydrogen (secondary N) is 2. The molecule has 1 atom stereocenters. The Morgan fingerprint density at radius 2 is 1.93 bits per heavy atom. The lowest BCUT2D eigenvalue weighted by molar-refractivity contribution is 0.0674. The van der Waals surface area contributed by atoms with Crippen molar-refractivity contribution >= 4 is 15.9 Å². The number of benzene rings is 1. The summed E-state index contributed by atoms with van der Waals surface area (Å²) in [6.45, 7) is 4.12. The first-order chi connectivity index (χ1) is 12.9. The normalized spacial score (nSPS) is 21.6. The molecule has 0 spiro atoms. The van der Waals surface area contributed by atoms with E-state index >= 15 is 0 Å². The molecule has 0 bridgehead atoms. The van der Waals surface area contributed by atoms with Crippen molar-refractivity contribution < 1.29 is 13.2 Å². The van der Waals surface area contributed by atoms with E-state index in [2.05, 4.69) is 10.0 Å². The van der Waals surface area contributed by atoms with Crippen LogP contribution in [0.15, 0.2) is 23.1 Å². The number of hydrogen-bond acceptors (Lipinski definition) is 4. The standard InChI is InChI=1S/C20H31N3O3S/c1-15-9-10-17(20(24)23-11-5-6-16(14-23)13-21-2)12-19(15)27(25,26)22-18-7-3-4-8-18/h9-10,12,16,18,21-22H,3-8,11,13-14H2,1-2H3. The van der Waals surface area contributed by atoms with Crippen molar-refractivity contribution in [3.05, 3.63) is 29.3 Å². The number of piperidine rings is 1. The predicted molar refractivity (Wildman–Crippen MR) is 106 cm³/mol. The van der Waals surface area contributed by atoms with Gasteiger partial charge in [0.25, 0.3) is 5.91 Å². The third-order valence-electron chi connectivity index (χ3n) is 5.70. The summed E-state index contributed by atoms with van der Waals surface area (Å²) in [4.78, 5) is 15.1. The van der Waals surface area contributed by atoms with Gasteiger partial charge in [0.1, 0.15) is 0 Å². The van der Waals surface area contributed by atoms with Crippen LogP contribution in [-0.2, 0) is 10.0 Å². The highest BCUT2D eigenvalue weighted by Gasteiger charge is 2.27. The monoisotopic (exact) mass is 393 g/mol. The zero-order valence-electron chi connectivity index (χ0n) is 16.3. The van der Waals surface area contributed by atoms with E-state index in [-0.39, 0.29) is 16.8 Å². The van der Waals surface area contributed by atoms with Crippen LogP contribution in [0.5, 0.6) is 0 Å². The number of rotatable bonds is 6. The summed E-state index contributed by atoms with van der Waals surface area (Å²) >= 11 is 0. The topological polar surface area (TPSA) is 78.5 Å². The quantitative estimate of drug-likeness (QED) is 0.777. The summed E-state index contributed by atoms with van der Waals surface area (Å²) in [5.74, 6) is 0.374. The van der Waals surface area contributed by atoms with E-state index in [0.29, 0.717) is 17.0 Å². The van der Waals surface area contributed by atoms with Gasteiger partial charge < -0.3 is 10.2 Å². The molecule has 2 N–H and O–H groups in total. The van der Waals surface area contributed by atoms with Gasteiger partial charge in [0, 0.05) is 24.7 Å². The fraction of sp³-hybridized carbons (Fsp3) is 0.650. The molecule has 1 saturated carbocycles. The molecule has 6 nitrogen and oxygen atoms in total. The lowest BCUT2D eigenvalue weighted by Gasteiger charge is -2.33.